The molecule has 0 aliphatic carbocycles. The maximum atomic E-state index is 5.99. The summed E-state index contributed by atoms with van der Waals surface area (Å²) in [5, 5.41) is 1.02. The van der Waals surface area contributed by atoms with Crippen LogP contribution < -0.4 is 10.5 Å². The zero-order chi connectivity index (χ0) is 10.7. The SMILES string of the molecule is C=CC(N)c1cc(Cl)c(OC)cc1Cl. The van der Waals surface area contributed by atoms with Crippen molar-refractivity contribution in [2.45, 2.75) is 6.04 Å². The van der Waals surface area contributed by atoms with Crippen LogP contribution in [-0.2, 0) is 0 Å². The van der Waals surface area contributed by atoms with Crippen molar-refractivity contribution in [2.24, 2.45) is 5.73 Å². The van der Waals surface area contributed by atoms with Gasteiger partial charge >= 0.3 is 0 Å². The van der Waals surface area contributed by atoms with Crippen molar-refractivity contribution >= 4 is 23.2 Å². The second kappa shape index (κ2) is 4.69. The highest BCUT2D eigenvalue weighted by molar-refractivity contribution is 6.34. The van der Waals surface area contributed by atoms with Crippen LogP contribution in [-0.4, -0.2) is 7.11 Å². The van der Waals surface area contributed by atoms with E-state index in [4.69, 9.17) is 33.7 Å². The summed E-state index contributed by atoms with van der Waals surface area (Å²) < 4.78 is 5.01. The number of methoxy groups -OCH3 is 1. The molecule has 0 heterocycles. The summed E-state index contributed by atoms with van der Waals surface area (Å²) in [6.45, 7) is 3.59. The molecule has 0 radical (unpaired) electrons. The first-order valence-corrected chi connectivity index (χ1v) is 4.76. The maximum absolute atomic E-state index is 5.99. The van der Waals surface area contributed by atoms with Crippen LogP contribution in [0.15, 0.2) is 24.8 Å². The van der Waals surface area contributed by atoms with Crippen LogP contribution in [0.3, 0.4) is 0 Å². The Kier molecular flexibility index (Phi) is 3.81. The lowest BCUT2D eigenvalue weighted by atomic mass is 10.1. The fourth-order valence-corrected chi connectivity index (χ4v) is 1.61. The Morgan fingerprint density at radius 3 is 2.57 bits per heavy atom. The van der Waals surface area contributed by atoms with Crippen molar-refractivity contribution in [1.82, 2.24) is 0 Å². The van der Waals surface area contributed by atoms with Gasteiger partial charge in [-0.2, -0.15) is 0 Å². The molecule has 0 spiro atoms. The van der Waals surface area contributed by atoms with Crippen molar-refractivity contribution in [1.29, 1.82) is 0 Å². The van der Waals surface area contributed by atoms with E-state index in [0.717, 1.165) is 5.56 Å². The zero-order valence-corrected chi connectivity index (χ0v) is 9.27. The van der Waals surface area contributed by atoms with Gasteiger partial charge in [-0.3, -0.25) is 0 Å². The third kappa shape index (κ3) is 2.21. The summed E-state index contributed by atoms with van der Waals surface area (Å²) in [7, 11) is 1.53. The van der Waals surface area contributed by atoms with Gasteiger partial charge in [-0.25, -0.2) is 0 Å². The molecule has 14 heavy (non-hydrogen) atoms. The van der Waals surface area contributed by atoms with Crippen LogP contribution in [0.1, 0.15) is 11.6 Å². The Balaban J connectivity index is 3.21. The minimum Gasteiger partial charge on any atom is -0.495 e. The predicted molar refractivity (Wildman–Crippen MR) is 60.1 cm³/mol. The lowest BCUT2D eigenvalue weighted by Gasteiger charge is -2.11. The summed E-state index contributed by atoms with van der Waals surface area (Å²) in [5.41, 5.74) is 6.50. The predicted octanol–water partition coefficient (Wildman–Crippen LogP) is 3.19. The van der Waals surface area contributed by atoms with Gasteiger partial charge in [-0.15, -0.1) is 6.58 Å². The summed E-state index contributed by atoms with van der Waals surface area (Å²) in [4.78, 5) is 0. The standard InChI is InChI=1S/C10H11Cl2NO/c1-3-9(13)6-4-8(12)10(14-2)5-7(6)11/h3-5,9H,1,13H2,2H3. The lowest BCUT2D eigenvalue weighted by Crippen LogP contribution is -2.07. The van der Waals surface area contributed by atoms with Gasteiger partial charge in [0.25, 0.3) is 0 Å². The molecule has 0 aromatic heterocycles. The average Bonchev–Trinajstić information content (AvgIpc) is 2.19. The zero-order valence-electron chi connectivity index (χ0n) is 7.76. The third-order valence-electron chi connectivity index (χ3n) is 1.88. The van der Waals surface area contributed by atoms with E-state index in [1.165, 1.54) is 7.11 Å². The van der Waals surface area contributed by atoms with E-state index in [1.807, 2.05) is 0 Å². The molecule has 1 aromatic rings. The summed E-state index contributed by atoms with van der Waals surface area (Å²) in [6.07, 6.45) is 1.60. The molecule has 1 atom stereocenters. The van der Waals surface area contributed by atoms with Gasteiger partial charge in [0.2, 0.25) is 0 Å². The van der Waals surface area contributed by atoms with Crippen LogP contribution in [0.25, 0.3) is 0 Å². The van der Waals surface area contributed by atoms with E-state index in [2.05, 4.69) is 6.58 Å². The van der Waals surface area contributed by atoms with E-state index in [9.17, 15) is 0 Å². The molecule has 0 saturated heterocycles. The first kappa shape index (κ1) is 11.4. The molecule has 4 heteroatoms. The van der Waals surface area contributed by atoms with E-state index >= 15 is 0 Å². The first-order valence-electron chi connectivity index (χ1n) is 4.01. The first-order chi connectivity index (χ1) is 6.60. The van der Waals surface area contributed by atoms with Crippen LogP contribution in [0.5, 0.6) is 5.75 Å². The van der Waals surface area contributed by atoms with Crippen molar-refractivity contribution in [3.8, 4) is 5.75 Å². The molecular formula is C10H11Cl2NO. The lowest BCUT2D eigenvalue weighted by molar-refractivity contribution is 0.415. The van der Waals surface area contributed by atoms with Crippen molar-refractivity contribution in [3.05, 3.63) is 40.4 Å². The minimum absolute atomic E-state index is 0.314. The highest BCUT2D eigenvalue weighted by Gasteiger charge is 2.11. The van der Waals surface area contributed by atoms with Crippen molar-refractivity contribution < 1.29 is 4.74 Å². The van der Waals surface area contributed by atoms with Crippen LogP contribution in [0.4, 0.5) is 0 Å². The van der Waals surface area contributed by atoms with Crippen LogP contribution in [0, 0.1) is 0 Å². The van der Waals surface area contributed by atoms with Gasteiger partial charge in [0, 0.05) is 17.1 Å². The number of hydrogen-bond donors (Lipinski definition) is 1. The van der Waals surface area contributed by atoms with Crippen LogP contribution >= 0.6 is 23.2 Å². The van der Waals surface area contributed by atoms with Gasteiger partial charge in [0.15, 0.2) is 0 Å². The molecule has 0 aliphatic heterocycles. The number of benzene rings is 1. The molecule has 1 aromatic carbocycles. The van der Waals surface area contributed by atoms with E-state index in [-0.39, 0.29) is 6.04 Å². The largest absolute Gasteiger partial charge is 0.495 e. The Morgan fingerprint density at radius 2 is 2.07 bits per heavy atom. The van der Waals surface area contributed by atoms with Gasteiger partial charge in [0.1, 0.15) is 5.75 Å². The summed E-state index contributed by atoms with van der Waals surface area (Å²) in [5.74, 6) is 0.539. The van der Waals surface area contributed by atoms with E-state index in [0.29, 0.717) is 15.8 Å². The second-order valence-electron chi connectivity index (χ2n) is 2.77. The molecule has 0 amide bonds. The summed E-state index contributed by atoms with van der Waals surface area (Å²) in [6, 6.07) is 3.02. The fourth-order valence-electron chi connectivity index (χ4n) is 1.08. The fraction of sp³-hybridized carbons (Fsp3) is 0.200. The van der Waals surface area contributed by atoms with E-state index in [1.54, 1.807) is 18.2 Å². The Morgan fingerprint density at radius 1 is 1.43 bits per heavy atom. The molecule has 0 bridgehead atoms. The Bertz CT molecular complexity index is 352. The topological polar surface area (TPSA) is 35.2 Å². The molecule has 1 unspecified atom stereocenters. The molecular weight excluding hydrogens is 221 g/mol. The third-order valence-corrected chi connectivity index (χ3v) is 2.51. The summed E-state index contributed by atoms with van der Waals surface area (Å²) >= 11 is 11.9. The molecule has 0 saturated carbocycles. The molecule has 2 nitrogen and oxygen atoms in total. The minimum atomic E-state index is -0.314. The van der Waals surface area contributed by atoms with Gasteiger partial charge in [-0.05, 0) is 11.6 Å². The number of ether oxygens (including phenoxy) is 1. The average molecular weight is 232 g/mol. The molecule has 0 fully saturated rings. The molecule has 1 rings (SSSR count). The van der Waals surface area contributed by atoms with Gasteiger partial charge in [0.05, 0.1) is 12.1 Å². The highest BCUT2D eigenvalue weighted by atomic mass is 35.5. The molecule has 76 valence electrons. The van der Waals surface area contributed by atoms with Crippen molar-refractivity contribution in [2.75, 3.05) is 7.11 Å². The van der Waals surface area contributed by atoms with Gasteiger partial charge < -0.3 is 10.5 Å². The molecule has 0 aliphatic rings. The number of nitrogens with two attached hydrogens (primary N) is 1. The number of rotatable bonds is 3. The maximum Gasteiger partial charge on any atom is 0.138 e. The van der Waals surface area contributed by atoms with Crippen molar-refractivity contribution in [3.63, 3.8) is 0 Å². The number of halogens is 2. The highest BCUT2D eigenvalue weighted by Crippen LogP contribution is 2.33. The van der Waals surface area contributed by atoms with Crippen LogP contribution in [0.2, 0.25) is 10.0 Å². The smallest absolute Gasteiger partial charge is 0.138 e. The van der Waals surface area contributed by atoms with E-state index < -0.39 is 0 Å². The molecule has 2 N–H and O–H groups in total. The number of hydrogen-bond acceptors (Lipinski definition) is 2. The van der Waals surface area contributed by atoms with Gasteiger partial charge in [-0.1, -0.05) is 29.3 Å². The monoisotopic (exact) mass is 231 g/mol. The second-order valence-corrected chi connectivity index (χ2v) is 3.58. The quantitative estimate of drug-likeness (QED) is 0.812. The Hall–Kier alpha value is -0.700. The normalized spacial score (nSPS) is 12.3. The Labute approximate surface area is 93.3 Å².